The van der Waals surface area contributed by atoms with Crippen molar-refractivity contribution < 1.29 is 9.53 Å². The van der Waals surface area contributed by atoms with Gasteiger partial charge in [0.15, 0.2) is 0 Å². The zero-order valence-electron chi connectivity index (χ0n) is 12.9. The summed E-state index contributed by atoms with van der Waals surface area (Å²) in [6.07, 6.45) is 0. The van der Waals surface area contributed by atoms with Gasteiger partial charge in [0.1, 0.15) is 11.4 Å². The van der Waals surface area contributed by atoms with Gasteiger partial charge in [-0.3, -0.25) is 4.79 Å². The van der Waals surface area contributed by atoms with Gasteiger partial charge in [0, 0.05) is 29.7 Å². The molecule has 0 radical (unpaired) electrons. The lowest BCUT2D eigenvalue weighted by Crippen LogP contribution is -2.15. The van der Waals surface area contributed by atoms with Crippen molar-refractivity contribution in [2.75, 3.05) is 12.4 Å². The van der Waals surface area contributed by atoms with E-state index in [9.17, 15) is 4.79 Å². The molecular formula is C18H18N2O2. The Balaban J connectivity index is 1.93. The van der Waals surface area contributed by atoms with Crippen LogP contribution in [-0.2, 0) is 7.05 Å². The second kappa shape index (κ2) is 5.56. The van der Waals surface area contributed by atoms with Crippen LogP contribution in [0, 0.1) is 6.92 Å². The topological polar surface area (TPSA) is 43.3 Å². The molecule has 0 saturated heterocycles. The Labute approximate surface area is 129 Å². The predicted octanol–water partition coefficient (Wildman–Crippen LogP) is 3.75. The van der Waals surface area contributed by atoms with Crippen molar-refractivity contribution in [3.8, 4) is 5.75 Å². The maximum absolute atomic E-state index is 12.5. The molecule has 0 aliphatic heterocycles. The number of nitrogens with one attached hydrogen (secondary N) is 1. The molecule has 0 bridgehead atoms. The number of methoxy groups -OCH3 is 1. The number of amides is 1. The fourth-order valence-electron chi connectivity index (χ4n) is 2.58. The van der Waals surface area contributed by atoms with Crippen LogP contribution in [0.1, 0.15) is 16.1 Å². The Morgan fingerprint density at radius 1 is 1.14 bits per heavy atom. The summed E-state index contributed by atoms with van der Waals surface area (Å²) in [5, 5.41) is 3.98. The number of aromatic nitrogens is 1. The van der Waals surface area contributed by atoms with Crippen molar-refractivity contribution in [1.82, 2.24) is 4.57 Å². The normalized spacial score (nSPS) is 10.7. The lowest BCUT2D eigenvalue weighted by Gasteiger charge is -2.08. The van der Waals surface area contributed by atoms with Crippen molar-refractivity contribution in [2.24, 2.45) is 7.05 Å². The number of nitrogens with zero attached hydrogens (tertiary/aromatic N) is 1. The Bertz CT molecular complexity index is 849. The lowest BCUT2D eigenvalue weighted by molar-refractivity contribution is 0.102. The summed E-state index contributed by atoms with van der Waals surface area (Å²) < 4.78 is 7.08. The summed E-state index contributed by atoms with van der Waals surface area (Å²) >= 11 is 0. The highest BCUT2D eigenvalue weighted by Crippen LogP contribution is 2.22. The molecule has 112 valence electrons. The fourth-order valence-corrected chi connectivity index (χ4v) is 2.58. The average Bonchev–Trinajstić information content (AvgIpc) is 2.84. The van der Waals surface area contributed by atoms with Gasteiger partial charge in [0.2, 0.25) is 0 Å². The molecule has 0 saturated carbocycles. The van der Waals surface area contributed by atoms with E-state index in [0.717, 1.165) is 10.9 Å². The van der Waals surface area contributed by atoms with Crippen LogP contribution in [0.25, 0.3) is 10.9 Å². The largest absolute Gasteiger partial charge is 0.497 e. The second-order valence-electron chi connectivity index (χ2n) is 5.34. The molecule has 0 aliphatic carbocycles. The zero-order chi connectivity index (χ0) is 15.7. The monoisotopic (exact) mass is 294 g/mol. The first-order chi connectivity index (χ1) is 10.6. The Morgan fingerprint density at radius 3 is 2.73 bits per heavy atom. The van der Waals surface area contributed by atoms with Crippen LogP contribution in [0.5, 0.6) is 5.75 Å². The molecular weight excluding hydrogens is 276 g/mol. The van der Waals surface area contributed by atoms with E-state index < -0.39 is 0 Å². The van der Waals surface area contributed by atoms with Crippen molar-refractivity contribution in [2.45, 2.75) is 6.92 Å². The summed E-state index contributed by atoms with van der Waals surface area (Å²) in [5.41, 5.74) is 3.56. The minimum atomic E-state index is -0.135. The first kappa shape index (κ1) is 14.2. The van der Waals surface area contributed by atoms with Gasteiger partial charge in [-0.05, 0) is 37.3 Å². The van der Waals surface area contributed by atoms with Gasteiger partial charge in [-0.2, -0.15) is 0 Å². The van der Waals surface area contributed by atoms with Crippen molar-refractivity contribution in [1.29, 1.82) is 0 Å². The zero-order valence-corrected chi connectivity index (χ0v) is 12.9. The summed E-state index contributed by atoms with van der Waals surface area (Å²) in [7, 11) is 3.51. The quantitative estimate of drug-likeness (QED) is 0.799. The number of carbonyl (C=O) groups is 1. The number of carbonyl (C=O) groups excluding carboxylic acids is 1. The van der Waals surface area contributed by atoms with E-state index in [4.69, 9.17) is 4.74 Å². The number of benzene rings is 2. The Morgan fingerprint density at radius 2 is 1.95 bits per heavy atom. The van der Waals surface area contributed by atoms with Crippen LogP contribution >= 0.6 is 0 Å². The van der Waals surface area contributed by atoms with E-state index in [0.29, 0.717) is 17.1 Å². The third kappa shape index (κ3) is 2.55. The molecule has 1 N–H and O–H groups in total. The minimum Gasteiger partial charge on any atom is -0.497 e. The molecule has 1 heterocycles. The van der Waals surface area contributed by atoms with Crippen molar-refractivity contribution >= 4 is 22.5 Å². The van der Waals surface area contributed by atoms with Gasteiger partial charge >= 0.3 is 0 Å². The van der Waals surface area contributed by atoms with Crippen LogP contribution in [0.3, 0.4) is 0 Å². The van der Waals surface area contributed by atoms with Gasteiger partial charge < -0.3 is 14.6 Å². The number of anilines is 1. The molecule has 0 unspecified atom stereocenters. The Kier molecular flexibility index (Phi) is 3.59. The smallest absolute Gasteiger partial charge is 0.272 e. The van der Waals surface area contributed by atoms with E-state index in [2.05, 4.69) is 11.4 Å². The predicted molar refractivity (Wildman–Crippen MR) is 88.6 cm³/mol. The molecule has 1 aromatic heterocycles. The third-order valence-corrected chi connectivity index (χ3v) is 3.76. The maximum Gasteiger partial charge on any atom is 0.272 e. The van der Waals surface area contributed by atoms with E-state index in [1.807, 2.05) is 54.9 Å². The number of ether oxygens (including phenoxy) is 1. The summed E-state index contributed by atoms with van der Waals surface area (Å²) in [6, 6.07) is 15.4. The van der Waals surface area contributed by atoms with Crippen molar-refractivity contribution in [3.05, 3.63) is 59.8 Å². The molecule has 0 atom stereocenters. The van der Waals surface area contributed by atoms with Crippen LogP contribution in [0.4, 0.5) is 5.69 Å². The summed E-state index contributed by atoms with van der Waals surface area (Å²) in [6.45, 7) is 2.04. The number of rotatable bonds is 3. The van der Waals surface area contributed by atoms with E-state index >= 15 is 0 Å². The molecule has 0 aliphatic rings. The Hall–Kier alpha value is -2.75. The van der Waals surface area contributed by atoms with Gasteiger partial charge in [-0.25, -0.2) is 0 Å². The third-order valence-electron chi connectivity index (χ3n) is 3.76. The maximum atomic E-state index is 12.5. The van der Waals surface area contributed by atoms with Crippen LogP contribution in [0.15, 0.2) is 48.5 Å². The van der Waals surface area contributed by atoms with Crippen LogP contribution in [-0.4, -0.2) is 17.6 Å². The molecule has 22 heavy (non-hydrogen) atoms. The highest BCUT2D eigenvalue weighted by atomic mass is 16.5. The van der Waals surface area contributed by atoms with Gasteiger partial charge in [0.25, 0.3) is 5.91 Å². The van der Waals surface area contributed by atoms with E-state index in [1.165, 1.54) is 5.56 Å². The number of hydrogen-bond acceptors (Lipinski definition) is 2. The molecule has 0 spiro atoms. The van der Waals surface area contributed by atoms with Crippen LogP contribution < -0.4 is 10.1 Å². The SMILES string of the molecule is COc1cccc(NC(=O)c2cc3cc(C)ccc3n2C)c1. The molecule has 4 nitrogen and oxygen atoms in total. The average molecular weight is 294 g/mol. The number of hydrogen-bond donors (Lipinski definition) is 1. The lowest BCUT2D eigenvalue weighted by atomic mass is 10.2. The van der Waals surface area contributed by atoms with Gasteiger partial charge in [-0.15, -0.1) is 0 Å². The van der Waals surface area contributed by atoms with E-state index in [1.54, 1.807) is 13.2 Å². The standard InChI is InChI=1S/C18H18N2O2/c1-12-7-8-16-13(9-12)10-17(20(16)2)18(21)19-14-5-4-6-15(11-14)22-3/h4-11H,1-3H3,(H,19,21). The molecule has 0 fully saturated rings. The minimum absolute atomic E-state index is 0.135. The van der Waals surface area contributed by atoms with Gasteiger partial charge in [0.05, 0.1) is 7.11 Å². The molecule has 1 amide bonds. The number of aryl methyl sites for hydroxylation is 2. The van der Waals surface area contributed by atoms with Crippen LogP contribution in [0.2, 0.25) is 0 Å². The van der Waals surface area contributed by atoms with Crippen molar-refractivity contribution in [3.63, 3.8) is 0 Å². The summed E-state index contributed by atoms with van der Waals surface area (Å²) in [4.78, 5) is 12.5. The highest BCUT2D eigenvalue weighted by molar-refractivity contribution is 6.06. The fraction of sp³-hybridized carbons (Fsp3) is 0.167. The first-order valence-electron chi connectivity index (χ1n) is 7.10. The second-order valence-corrected chi connectivity index (χ2v) is 5.34. The van der Waals surface area contributed by atoms with Gasteiger partial charge in [-0.1, -0.05) is 17.7 Å². The molecule has 2 aromatic carbocycles. The van der Waals surface area contributed by atoms with E-state index in [-0.39, 0.29) is 5.91 Å². The first-order valence-corrected chi connectivity index (χ1v) is 7.10. The molecule has 4 heteroatoms. The molecule has 3 aromatic rings. The number of fused-ring (bicyclic) bond motifs is 1. The summed E-state index contributed by atoms with van der Waals surface area (Å²) in [5.74, 6) is 0.579. The highest BCUT2D eigenvalue weighted by Gasteiger charge is 2.13. The molecule has 3 rings (SSSR count).